The van der Waals surface area contributed by atoms with Crippen LogP contribution >= 0.6 is 15.9 Å². The molecule has 1 aromatic carbocycles. The van der Waals surface area contributed by atoms with Crippen molar-refractivity contribution < 1.29 is 4.74 Å². The van der Waals surface area contributed by atoms with Gasteiger partial charge in [0.1, 0.15) is 6.23 Å². The first-order valence-corrected chi connectivity index (χ1v) is 5.76. The van der Waals surface area contributed by atoms with Crippen molar-refractivity contribution in [3.05, 3.63) is 28.9 Å². The number of hydrogen-bond acceptors (Lipinski definition) is 2. The first kappa shape index (κ1) is 10.6. The number of nitrogens with zero attached hydrogens (tertiary/aromatic N) is 2. The fourth-order valence-corrected chi connectivity index (χ4v) is 1.90. The molecule has 1 aromatic heterocycles. The number of hydrogen-bond donors (Lipinski definition) is 0. The van der Waals surface area contributed by atoms with Gasteiger partial charge in [0.05, 0.1) is 5.52 Å². The second kappa shape index (κ2) is 4.33. The van der Waals surface area contributed by atoms with Gasteiger partial charge in [-0.25, -0.2) is 4.68 Å². The van der Waals surface area contributed by atoms with E-state index in [9.17, 15) is 0 Å². The lowest BCUT2D eigenvalue weighted by molar-refractivity contribution is 0.0164. The van der Waals surface area contributed by atoms with Crippen LogP contribution in [-0.4, -0.2) is 16.4 Å². The largest absolute Gasteiger partial charge is 0.357 e. The van der Waals surface area contributed by atoms with E-state index in [1.165, 1.54) is 0 Å². The minimum absolute atomic E-state index is 0.0128. The Morgan fingerprint density at radius 3 is 3.07 bits per heavy atom. The molecule has 15 heavy (non-hydrogen) atoms. The Bertz CT molecular complexity index is 467. The van der Waals surface area contributed by atoms with Crippen molar-refractivity contribution >= 4 is 26.8 Å². The molecule has 2 aromatic rings. The third-order valence-electron chi connectivity index (χ3n) is 2.26. The van der Waals surface area contributed by atoms with Crippen LogP contribution in [0.25, 0.3) is 10.9 Å². The third-order valence-corrected chi connectivity index (χ3v) is 2.76. The van der Waals surface area contributed by atoms with Gasteiger partial charge in [-0.05, 0) is 32.0 Å². The van der Waals surface area contributed by atoms with Crippen LogP contribution in [0, 0.1) is 0 Å². The average Bonchev–Trinajstić information content (AvgIpc) is 2.60. The van der Waals surface area contributed by atoms with Gasteiger partial charge in [0, 0.05) is 22.7 Å². The number of ether oxygens (including phenoxy) is 1. The van der Waals surface area contributed by atoms with E-state index in [0.717, 1.165) is 15.4 Å². The summed E-state index contributed by atoms with van der Waals surface area (Å²) in [7, 11) is 0. The molecule has 0 aliphatic heterocycles. The van der Waals surface area contributed by atoms with Crippen LogP contribution in [0.2, 0.25) is 0 Å². The molecule has 0 radical (unpaired) electrons. The standard InChI is InChI=1S/C11H13BrN2O/c1-3-15-8(2)14-7-9-6-10(12)4-5-11(9)13-14/h4-8H,3H2,1-2H3. The molecule has 1 atom stereocenters. The van der Waals surface area contributed by atoms with Crippen LogP contribution in [0.15, 0.2) is 28.9 Å². The summed E-state index contributed by atoms with van der Waals surface area (Å²) in [6, 6.07) is 6.04. The van der Waals surface area contributed by atoms with E-state index in [4.69, 9.17) is 4.74 Å². The Labute approximate surface area is 97.2 Å². The molecule has 80 valence electrons. The zero-order valence-electron chi connectivity index (χ0n) is 8.77. The van der Waals surface area contributed by atoms with Crippen LogP contribution in [0.1, 0.15) is 20.1 Å². The lowest BCUT2D eigenvalue weighted by Crippen LogP contribution is -2.09. The molecule has 0 saturated carbocycles. The van der Waals surface area contributed by atoms with Crippen molar-refractivity contribution in [1.29, 1.82) is 0 Å². The predicted molar refractivity (Wildman–Crippen MR) is 63.8 cm³/mol. The first-order chi connectivity index (χ1) is 7.20. The van der Waals surface area contributed by atoms with E-state index < -0.39 is 0 Å². The Morgan fingerprint density at radius 1 is 1.53 bits per heavy atom. The van der Waals surface area contributed by atoms with Gasteiger partial charge >= 0.3 is 0 Å². The van der Waals surface area contributed by atoms with Crippen LogP contribution in [0.3, 0.4) is 0 Å². The van der Waals surface area contributed by atoms with Crippen LogP contribution in [0.5, 0.6) is 0 Å². The molecule has 0 bridgehead atoms. The third kappa shape index (κ3) is 2.21. The SMILES string of the molecule is CCOC(C)n1cc2cc(Br)ccc2n1. The van der Waals surface area contributed by atoms with E-state index in [2.05, 4.69) is 27.1 Å². The zero-order valence-corrected chi connectivity index (χ0v) is 10.4. The van der Waals surface area contributed by atoms with Gasteiger partial charge in [-0.3, -0.25) is 0 Å². The second-order valence-corrected chi connectivity index (χ2v) is 4.28. The highest BCUT2D eigenvalue weighted by Gasteiger charge is 2.06. The van der Waals surface area contributed by atoms with Gasteiger partial charge in [-0.15, -0.1) is 0 Å². The van der Waals surface area contributed by atoms with Crippen LogP contribution in [0.4, 0.5) is 0 Å². The highest BCUT2D eigenvalue weighted by atomic mass is 79.9. The van der Waals surface area contributed by atoms with Crippen molar-refractivity contribution in [2.24, 2.45) is 0 Å². The molecule has 2 rings (SSSR count). The fourth-order valence-electron chi connectivity index (χ4n) is 1.52. The van der Waals surface area contributed by atoms with Crippen LogP contribution < -0.4 is 0 Å². The highest BCUT2D eigenvalue weighted by Crippen LogP contribution is 2.20. The quantitative estimate of drug-likeness (QED) is 0.854. The number of rotatable bonds is 3. The first-order valence-electron chi connectivity index (χ1n) is 4.96. The lowest BCUT2D eigenvalue weighted by Gasteiger charge is -2.10. The normalized spacial score (nSPS) is 13.3. The Morgan fingerprint density at radius 2 is 2.33 bits per heavy atom. The Balaban J connectivity index is 2.38. The van der Waals surface area contributed by atoms with E-state index in [1.54, 1.807) is 0 Å². The van der Waals surface area contributed by atoms with Gasteiger partial charge in [0.2, 0.25) is 0 Å². The van der Waals surface area contributed by atoms with Crippen LogP contribution in [-0.2, 0) is 4.74 Å². The highest BCUT2D eigenvalue weighted by molar-refractivity contribution is 9.10. The van der Waals surface area contributed by atoms with E-state index in [0.29, 0.717) is 6.61 Å². The molecule has 4 heteroatoms. The number of aromatic nitrogens is 2. The summed E-state index contributed by atoms with van der Waals surface area (Å²) >= 11 is 3.44. The second-order valence-electron chi connectivity index (χ2n) is 3.37. The molecule has 0 spiro atoms. The molecule has 0 amide bonds. The molecule has 0 N–H and O–H groups in total. The number of halogens is 1. The minimum atomic E-state index is -0.0128. The van der Waals surface area contributed by atoms with Crippen molar-refractivity contribution in [3.63, 3.8) is 0 Å². The summed E-state index contributed by atoms with van der Waals surface area (Å²) in [5.41, 5.74) is 0.991. The summed E-state index contributed by atoms with van der Waals surface area (Å²) in [5.74, 6) is 0. The molecular formula is C11H13BrN2O. The lowest BCUT2D eigenvalue weighted by atomic mass is 10.3. The summed E-state index contributed by atoms with van der Waals surface area (Å²) in [4.78, 5) is 0. The number of benzene rings is 1. The van der Waals surface area contributed by atoms with E-state index in [-0.39, 0.29) is 6.23 Å². The van der Waals surface area contributed by atoms with Gasteiger partial charge in [0.15, 0.2) is 0 Å². The van der Waals surface area contributed by atoms with Crippen molar-refractivity contribution in [2.75, 3.05) is 6.61 Å². The van der Waals surface area contributed by atoms with Crippen molar-refractivity contribution in [2.45, 2.75) is 20.1 Å². The van der Waals surface area contributed by atoms with Crippen molar-refractivity contribution in [1.82, 2.24) is 9.78 Å². The molecule has 0 fully saturated rings. The number of fused-ring (bicyclic) bond motifs is 1. The summed E-state index contributed by atoms with van der Waals surface area (Å²) in [6.07, 6.45) is 1.99. The molecule has 0 aliphatic carbocycles. The molecule has 0 saturated heterocycles. The molecule has 1 heterocycles. The van der Waals surface area contributed by atoms with Gasteiger partial charge < -0.3 is 4.74 Å². The van der Waals surface area contributed by atoms with Gasteiger partial charge in [-0.2, -0.15) is 5.10 Å². The minimum Gasteiger partial charge on any atom is -0.357 e. The topological polar surface area (TPSA) is 27.1 Å². The predicted octanol–water partition coefficient (Wildman–Crippen LogP) is 3.35. The monoisotopic (exact) mass is 268 g/mol. The molecule has 1 unspecified atom stereocenters. The summed E-state index contributed by atoms with van der Waals surface area (Å²) < 4.78 is 8.39. The maximum atomic E-state index is 5.48. The Kier molecular flexibility index (Phi) is 3.07. The van der Waals surface area contributed by atoms with Gasteiger partial charge in [-0.1, -0.05) is 15.9 Å². The summed E-state index contributed by atoms with van der Waals surface area (Å²) in [5, 5.41) is 5.56. The van der Waals surface area contributed by atoms with Crippen molar-refractivity contribution in [3.8, 4) is 0 Å². The molecule has 3 nitrogen and oxygen atoms in total. The smallest absolute Gasteiger partial charge is 0.147 e. The maximum Gasteiger partial charge on any atom is 0.147 e. The van der Waals surface area contributed by atoms with Gasteiger partial charge in [0.25, 0.3) is 0 Å². The fraction of sp³-hybridized carbons (Fsp3) is 0.364. The maximum absolute atomic E-state index is 5.48. The Hall–Kier alpha value is -0.870. The zero-order chi connectivity index (χ0) is 10.8. The summed E-state index contributed by atoms with van der Waals surface area (Å²) in [6.45, 7) is 4.67. The van der Waals surface area contributed by atoms with E-state index in [1.807, 2.05) is 36.9 Å². The average molecular weight is 269 g/mol. The molecular weight excluding hydrogens is 256 g/mol. The van der Waals surface area contributed by atoms with E-state index >= 15 is 0 Å². The molecule has 0 aliphatic rings.